The van der Waals surface area contributed by atoms with E-state index in [-0.39, 0.29) is 11.6 Å². The highest BCUT2D eigenvalue weighted by Crippen LogP contribution is 2.30. The minimum Gasteiger partial charge on any atom is -0.328 e. The monoisotopic (exact) mass is 441 g/mol. The van der Waals surface area contributed by atoms with E-state index in [0.29, 0.717) is 5.82 Å². The Labute approximate surface area is 168 Å². The van der Waals surface area contributed by atoms with Crippen LogP contribution in [0.25, 0.3) is 5.95 Å². The Kier molecular flexibility index (Phi) is 5.69. The molecular formula is C16H14F3N7O3S. The van der Waals surface area contributed by atoms with Crippen molar-refractivity contribution in [3.8, 4) is 5.95 Å². The molecule has 1 atom stereocenters. The first-order chi connectivity index (χ1) is 14.1. The van der Waals surface area contributed by atoms with Crippen LogP contribution in [0.1, 0.15) is 18.8 Å². The van der Waals surface area contributed by atoms with Crippen molar-refractivity contribution in [2.45, 2.75) is 23.4 Å². The maximum atomic E-state index is 12.6. The van der Waals surface area contributed by atoms with Crippen LogP contribution >= 0.6 is 0 Å². The summed E-state index contributed by atoms with van der Waals surface area (Å²) < 4.78 is 61.8. The van der Waals surface area contributed by atoms with Crippen molar-refractivity contribution in [2.24, 2.45) is 0 Å². The molecule has 3 aromatic rings. The van der Waals surface area contributed by atoms with Crippen LogP contribution < -0.4 is 10.6 Å². The van der Waals surface area contributed by atoms with Crippen LogP contribution in [0.2, 0.25) is 0 Å². The fourth-order valence-electron chi connectivity index (χ4n) is 2.38. The highest BCUT2D eigenvalue weighted by molar-refractivity contribution is 7.92. The van der Waals surface area contributed by atoms with Gasteiger partial charge in [-0.15, -0.1) is 0 Å². The average molecular weight is 441 g/mol. The molecule has 3 rings (SSSR count). The van der Waals surface area contributed by atoms with Crippen molar-refractivity contribution in [1.82, 2.24) is 30.0 Å². The predicted molar refractivity (Wildman–Crippen MR) is 97.2 cm³/mol. The number of carbonyl (C=O) groups is 1. The molecule has 0 aliphatic carbocycles. The number of amides is 2. The lowest BCUT2D eigenvalue weighted by molar-refractivity contribution is -0.0436. The fourth-order valence-corrected chi connectivity index (χ4v) is 3.14. The van der Waals surface area contributed by atoms with E-state index in [1.54, 1.807) is 13.0 Å². The molecule has 158 valence electrons. The Morgan fingerprint density at radius 1 is 1.10 bits per heavy atom. The molecule has 0 saturated heterocycles. The van der Waals surface area contributed by atoms with Crippen LogP contribution in [0.5, 0.6) is 0 Å². The maximum Gasteiger partial charge on any atom is 0.501 e. The molecule has 2 amide bonds. The summed E-state index contributed by atoms with van der Waals surface area (Å²) in [5.41, 5.74) is -5.32. The first-order valence-electron chi connectivity index (χ1n) is 8.26. The summed E-state index contributed by atoms with van der Waals surface area (Å²) in [6.07, 6.45) is 4.30. The molecule has 14 heteroatoms. The number of carbonyl (C=O) groups excluding carboxylic acids is 1. The second kappa shape index (κ2) is 8.06. The smallest absolute Gasteiger partial charge is 0.328 e. The van der Waals surface area contributed by atoms with Crippen molar-refractivity contribution in [3.63, 3.8) is 0 Å². The van der Waals surface area contributed by atoms with Crippen molar-refractivity contribution in [3.05, 3.63) is 54.9 Å². The molecule has 10 nitrogen and oxygen atoms in total. The third kappa shape index (κ3) is 4.37. The molecule has 0 spiro atoms. The van der Waals surface area contributed by atoms with Crippen LogP contribution in [-0.4, -0.2) is 44.7 Å². The van der Waals surface area contributed by atoms with Gasteiger partial charge in [-0.1, -0.05) is 0 Å². The molecule has 2 aromatic heterocycles. The number of benzene rings is 1. The van der Waals surface area contributed by atoms with E-state index in [1.807, 2.05) is 0 Å². The summed E-state index contributed by atoms with van der Waals surface area (Å²) >= 11 is 0. The number of aromatic nitrogens is 5. The van der Waals surface area contributed by atoms with E-state index in [2.05, 4.69) is 30.7 Å². The summed E-state index contributed by atoms with van der Waals surface area (Å²) in [7, 11) is -5.46. The first kappa shape index (κ1) is 21.2. The van der Waals surface area contributed by atoms with E-state index >= 15 is 0 Å². The number of urea groups is 1. The standard InChI is InChI=1S/C16H14F3N7O3S/c1-10(13-22-9-23-26(13)14-20-7-2-8-21-14)24-15(27)25-11-3-5-12(6-4-11)30(28,29)16(17,18)19/h2-10H,1H3,(H2,24,25,27). The summed E-state index contributed by atoms with van der Waals surface area (Å²) in [5, 5.41) is 8.99. The Bertz CT molecular complexity index is 1130. The molecule has 0 saturated carbocycles. The normalized spacial score (nSPS) is 12.9. The Hall–Kier alpha value is -3.55. The summed E-state index contributed by atoms with van der Waals surface area (Å²) in [6.45, 7) is 1.63. The zero-order valence-corrected chi connectivity index (χ0v) is 16.0. The lowest BCUT2D eigenvalue weighted by Gasteiger charge is -2.15. The molecular weight excluding hydrogens is 427 g/mol. The number of halogens is 3. The van der Waals surface area contributed by atoms with E-state index < -0.39 is 32.3 Å². The molecule has 2 N–H and O–H groups in total. The number of nitrogens with one attached hydrogen (secondary N) is 2. The van der Waals surface area contributed by atoms with Gasteiger partial charge >= 0.3 is 11.5 Å². The van der Waals surface area contributed by atoms with Gasteiger partial charge in [-0.05, 0) is 37.3 Å². The number of alkyl halides is 3. The lowest BCUT2D eigenvalue weighted by Crippen LogP contribution is -2.32. The minimum absolute atomic E-state index is 0.0914. The maximum absolute atomic E-state index is 12.6. The molecule has 2 heterocycles. The van der Waals surface area contributed by atoms with E-state index in [9.17, 15) is 26.4 Å². The van der Waals surface area contributed by atoms with Crippen LogP contribution in [0.4, 0.5) is 23.7 Å². The molecule has 0 bridgehead atoms. The van der Waals surface area contributed by atoms with Gasteiger partial charge < -0.3 is 10.6 Å². The zero-order chi connectivity index (χ0) is 21.9. The third-order valence-electron chi connectivity index (χ3n) is 3.78. The second-order valence-corrected chi connectivity index (χ2v) is 7.81. The molecule has 0 aliphatic rings. The zero-order valence-electron chi connectivity index (χ0n) is 15.2. The van der Waals surface area contributed by atoms with Crippen LogP contribution in [0.15, 0.2) is 53.9 Å². The lowest BCUT2D eigenvalue weighted by atomic mass is 10.3. The van der Waals surface area contributed by atoms with Crippen molar-refractivity contribution >= 4 is 21.6 Å². The van der Waals surface area contributed by atoms with Crippen LogP contribution in [0.3, 0.4) is 0 Å². The second-order valence-electron chi connectivity index (χ2n) is 5.87. The topological polar surface area (TPSA) is 132 Å². The van der Waals surface area contributed by atoms with Crippen molar-refractivity contribution < 1.29 is 26.4 Å². The highest BCUT2D eigenvalue weighted by Gasteiger charge is 2.46. The summed E-state index contributed by atoms with van der Waals surface area (Å²) in [4.78, 5) is 23.4. The fraction of sp³-hybridized carbons (Fsp3) is 0.188. The van der Waals surface area contributed by atoms with E-state index in [1.165, 1.54) is 23.4 Å². The van der Waals surface area contributed by atoms with Crippen molar-refractivity contribution in [1.29, 1.82) is 0 Å². The number of anilines is 1. The van der Waals surface area contributed by atoms with Gasteiger partial charge in [0.05, 0.1) is 10.9 Å². The van der Waals surface area contributed by atoms with E-state index in [0.717, 1.165) is 24.3 Å². The van der Waals surface area contributed by atoms with Gasteiger partial charge in [0.1, 0.15) is 6.33 Å². The number of hydrogen-bond acceptors (Lipinski definition) is 7. The third-order valence-corrected chi connectivity index (χ3v) is 5.28. The van der Waals surface area contributed by atoms with Gasteiger partial charge in [0.25, 0.3) is 15.8 Å². The molecule has 1 aromatic carbocycles. The van der Waals surface area contributed by atoms with Gasteiger partial charge in [0, 0.05) is 18.1 Å². The highest BCUT2D eigenvalue weighted by atomic mass is 32.2. The summed E-state index contributed by atoms with van der Waals surface area (Å²) in [5.74, 6) is 0.587. The van der Waals surface area contributed by atoms with Gasteiger partial charge in [0.15, 0.2) is 5.82 Å². The van der Waals surface area contributed by atoms with E-state index in [4.69, 9.17) is 0 Å². The molecule has 0 aliphatic heterocycles. The van der Waals surface area contributed by atoms with Crippen LogP contribution in [-0.2, 0) is 9.84 Å². The molecule has 0 fully saturated rings. The Morgan fingerprint density at radius 3 is 2.33 bits per heavy atom. The molecule has 0 radical (unpaired) electrons. The first-order valence-corrected chi connectivity index (χ1v) is 9.74. The molecule has 1 unspecified atom stereocenters. The number of sulfone groups is 1. The molecule has 30 heavy (non-hydrogen) atoms. The van der Waals surface area contributed by atoms with Gasteiger partial charge in [-0.25, -0.2) is 28.2 Å². The predicted octanol–water partition coefficient (Wildman–Crippen LogP) is 2.23. The van der Waals surface area contributed by atoms with Gasteiger partial charge in [-0.3, -0.25) is 0 Å². The average Bonchev–Trinajstić information content (AvgIpc) is 3.18. The quantitative estimate of drug-likeness (QED) is 0.621. The SMILES string of the molecule is CC(NC(=O)Nc1ccc(S(=O)(=O)C(F)(F)F)cc1)c1ncnn1-c1ncccn1. The minimum atomic E-state index is -5.46. The largest absolute Gasteiger partial charge is 0.501 e. The number of rotatable bonds is 5. The Morgan fingerprint density at radius 2 is 1.73 bits per heavy atom. The Balaban J connectivity index is 1.68. The number of hydrogen-bond donors (Lipinski definition) is 2. The van der Waals surface area contributed by atoms with Crippen molar-refractivity contribution in [2.75, 3.05) is 5.32 Å². The van der Waals surface area contributed by atoms with Crippen LogP contribution in [0, 0.1) is 0 Å². The van der Waals surface area contributed by atoms with Gasteiger partial charge in [0.2, 0.25) is 0 Å². The number of nitrogens with zero attached hydrogens (tertiary/aromatic N) is 5. The van der Waals surface area contributed by atoms with Gasteiger partial charge in [-0.2, -0.15) is 23.0 Å². The summed E-state index contributed by atoms with van der Waals surface area (Å²) in [6, 6.07) is 3.89.